The first kappa shape index (κ1) is 20.2. The van der Waals surface area contributed by atoms with Crippen molar-refractivity contribution in [1.82, 2.24) is 10.6 Å². The van der Waals surface area contributed by atoms with Crippen LogP contribution in [-0.4, -0.2) is 25.5 Å². The van der Waals surface area contributed by atoms with Crippen LogP contribution in [0.25, 0.3) is 0 Å². The first-order valence-corrected chi connectivity index (χ1v) is 9.18. The van der Waals surface area contributed by atoms with Crippen LogP contribution in [-0.2, 0) is 29.2 Å². The van der Waals surface area contributed by atoms with E-state index in [1.807, 2.05) is 30.3 Å². The van der Waals surface area contributed by atoms with E-state index in [0.29, 0.717) is 24.5 Å². The Hall–Kier alpha value is -2.57. The number of fused-ring (bicyclic) bond motifs is 1. The maximum absolute atomic E-state index is 12.6. The van der Waals surface area contributed by atoms with Crippen molar-refractivity contribution in [3.05, 3.63) is 59.2 Å². The van der Waals surface area contributed by atoms with E-state index in [4.69, 9.17) is 4.74 Å². The SMILES string of the molecule is COc1ccccc1N1CC(C(=O)NCc2ccc3c(c2)CNC3)CC1=O.Cl. The summed E-state index contributed by atoms with van der Waals surface area (Å²) in [6, 6.07) is 13.7. The lowest BCUT2D eigenvalue weighted by atomic mass is 10.1. The second-order valence-electron chi connectivity index (χ2n) is 7.00. The van der Waals surface area contributed by atoms with Crippen LogP contribution >= 0.6 is 12.4 Å². The molecule has 0 spiro atoms. The van der Waals surface area contributed by atoms with Gasteiger partial charge in [0.25, 0.3) is 0 Å². The minimum absolute atomic E-state index is 0. The van der Waals surface area contributed by atoms with E-state index >= 15 is 0 Å². The number of hydrogen-bond donors (Lipinski definition) is 2. The van der Waals surface area contributed by atoms with Crippen molar-refractivity contribution in [2.24, 2.45) is 5.92 Å². The lowest BCUT2D eigenvalue weighted by Crippen LogP contribution is -2.32. The van der Waals surface area contributed by atoms with Gasteiger partial charge in [0.2, 0.25) is 11.8 Å². The number of nitrogens with zero attached hydrogens (tertiary/aromatic N) is 1. The average molecular weight is 402 g/mol. The van der Waals surface area contributed by atoms with Crippen molar-refractivity contribution in [3.8, 4) is 5.75 Å². The number of rotatable bonds is 5. The monoisotopic (exact) mass is 401 g/mol. The fraction of sp³-hybridized carbons (Fsp3) is 0.333. The van der Waals surface area contributed by atoms with Crippen LogP contribution in [0.5, 0.6) is 5.75 Å². The number of benzene rings is 2. The molecule has 2 heterocycles. The molecule has 0 aromatic heterocycles. The van der Waals surface area contributed by atoms with Crippen LogP contribution < -0.4 is 20.3 Å². The van der Waals surface area contributed by atoms with Gasteiger partial charge in [-0.2, -0.15) is 0 Å². The van der Waals surface area contributed by atoms with Gasteiger partial charge in [0.15, 0.2) is 0 Å². The smallest absolute Gasteiger partial charge is 0.227 e. The van der Waals surface area contributed by atoms with Crippen LogP contribution in [0.3, 0.4) is 0 Å². The molecule has 6 nitrogen and oxygen atoms in total. The van der Waals surface area contributed by atoms with E-state index < -0.39 is 0 Å². The molecule has 1 fully saturated rings. The highest BCUT2D eigenvalue weighted by molar-refractivity contribution is 6.01. The van der Waals surface area contributed by atoms with Crippen molar-refractivity contribution in [1.29, 1.82) is 0 Å². The Bertz CT molecular complexity index is 887. The number of ether oxygens (including phenoxy) is 1. The average Bonchev–Trinajstić information content (AvgIpc) is 3.32. The number of carbonyl (C=O) groups excluding carboxylic acids is 2. The van der Waals surface area contributed by atoms with Gasteiger partial charge < -0.3 is 20.3 Å². The van der Waals surface area contributed by atoms with E-state index in [1.54, 1.807) is 12.0 Å². The minimum Gasteiger partial charge on any atom is -0.495 e. The first-order valence-electron chi connectivity index (χ1n) is 9.18. The number of nitrogens with one attached hydrogen (secondary N) is 2. The molecule has 28 heavy (non-hydrogen) atoms. The predicted molar refractivity (Wildman–Crippen MR) is 110 cm³/mol. The summed E-state index contributed by atoms with van der Waals surface area (Å²) in [5, 5.41) is 6.30. The Labute approximate surface area is 170 Å². The van der Waals surface area contributed by atoms with Crippen molar-refractivity contribution in [2.45, 2.75) is 26.1 Å². The molecule has 0 aliphatic carbocycles. The second-order valence-corrected chi connectivity index (χ2v) is 7.00. The first-order chi connectivity index (χ1) is 13.2. The molecule has 2 amide bonds. The molecule has 0 radical (unpaired) electrons. The van der Waals surface area contributed by atoms with Gasteiger partial charge in [-0.05, 0) is 28.8 Å². The molecule has 2 aromatic rings. The van der Waals surface area contributed by atoms with E-state index in [9.17, 15) is 9.59 Å². The summed E-state index contributed by atoms with van der Waals surface area (Å²) in [7, 11) is 1.58. The highest BCUT2D eigenvalue weighted by Crippen LogP contribution is 2.32. The molecule has 2 N–H and O–H groups in total. The van der Waals surface area contributed by atoms with E-state index in [-0.39, 0.29) is 36.6 Å². The Balaban J connectivity index is 0.00000225. The molecule has 148 valence electrons. The van der Waals surface area contributed by atoms with Gasteiger partial charge in [0.1, 0.15) is 5.75 Å². The third kappa shape index (κ3) is 3.98. The van der Waals surface area contributed by atoms with Gasteiger partial charge in [0.05, 0.1) is 18.7 Å². The summed E-state index contributed by atoms with van der Waals surface area (Å²) in [5.41, 5.74) is 4.40. The number of halogens is 1. The van der Waals surface area contributed by atoms with Gasteiger partial charge in [0, 0.05) is 32.6 Å². The highest BCUT2D eigenvalue weighted by atomic mass is 35.5. The van der Waals surface area contributed by atoms with E-state index in [0.717, 1.165) is 18.7 Å². The van der Waals surface area contributed by atoms with Gasteiger partial charge >= 0.3 is 0 Å². The zero-order chi connectivity index (χ0) is 18.8. The number of hydrogen-bond acceptors (Lipinski definition) is 4. The Morgan fingerprint density at radius 1 is 1.21 bits per heavy atom. The maximum atomic E-state index is 12.6. The minimum atomic E-state index is -0.349. The molecule has 7 heteroatoms. The van der Waals surface area contributed by atoms with Crippen LogP contribution in [0, 0.1) is 5.92 Å². The fourth-order valence-corrected chi connectivity index (χ4v) is 3.76. The molecule has 1 atom stereocenters. The lowest BCUT2D eigenvalue weighted by Gasteiger charge is -2.19. The summed E-state index contributed by atoms with van der Waals surface area (Å²) in [5.74, 6) is 0.153. The van der Waals surface area contributed by atoms with Crippen LogP contribution in [0.2, 0.25) is 0 Å². The lowest BCUT2D eigenvalue weighted by molar-refractivity contribution is -0.126. The molecular weight excluding hydrogens is 378 g/mol. The molecule has 1 saturated heterocycles. The van der Waals surface area contributed by atoms with Crippen molar-refractivity contribution in [2.75, 3.05) is 18.6 Å². The molecule has 2 aromatic carbocycles. The van der Waals surface area contributed by atoms with Crippen LogP contribution in [0.1, 0.15) is 23.1 Å². The third-order valence-corrected chi connectivity index (χ3v) is 5.24. The summed E-state index contributed by atoms with van der Waals surface area (Å²) >= 11 is 0. The van der Waals surface area contributed by atoms with Gasteiger partial charge in [-0.25, -0.2) is 0 Å². The quantitative estimate of drug-likeness (QED) is 0.807. The standard InChI is InChI=1S/C21H23N3O3.ClH/c1-27-19-5-3-2-4-18(19)24-13-17(9-20(24)25)21(26)23-10-14-6-7-15-11-22-12-16(15)8-14;/h2-8,17,22H,9-13H2,1H3,(H,23,26);1H. The Morgan fingerprint density at radius 3 is 2.82 bits per heavy atom. The zero-order valence-corrected chi connectivity index (χ0v) is 16.6. The number of methoxy groups -OCH3 is 1. The molecule has 2 aliphatic heterocycles. The van der Waals surface area contributed by atoms with Gasteiger partial charge in [-0.1, -0.05) is 30.3 Å². The summed E-state index contributed by atoms with van der Waals surface area (Å²) in [6.45, 7) is 2.64. The van der Waals surface area contributed by atoms with Crippen LogP contribution in [0.15, 0.2) is 42.5 Å². The predicted octanol–water partition coefficient (Wildman–Crippen LogP) is 2.39. The van der Waals surface area contributed by atoms with Crippen LogP contribution in [0.4, 0.5) is 5.69 Å². The Morgan fingerprint density at radius 2 is 2.00 bits per heavy atom. The zero-order valence-electron chi connectivity index (χ0n) is 15.7. The number of para-hydroxylation sites is 2. The molecule has 0 saturated carbocycles. The normalized spacial score (nSPS) is 17.8. The number of anilines is 1. The number of amides is 2. The molecule has 1 unspecified atom stereocenters. The van der Waals surface area contributed by atoms with Crippen molar-refractivity contribution in [3.63, 3.8) is 0 Å². The van der Waals surface area contributed by atoms with Crippen molar-refractivity contribution >= 4 is 29.9 Å². The largest absolute Gasteiger partial charge is 0.495 e. The highest BCUT2D eigenvalue weighted by Gasteiger charge is 2.36. The topological polar surface area (TPSA) is 70.7 Å². The molecule has 0 bridgehead atoms. The molecule has 2 aliphatic rings. The summed E-state index contributed by atoms with van der Waals surface area (Å²) in [4.78, 5) is 26.7. The second kappa shape index (κ2) is 8.63. The van der Waals surface area contributed by atoms with Crippen molar-refractivity contribution < 1.29 is 14.3 Å². The van der Waals surface area contributed by atoms with E-state index in [2.05, 4.69) is 22.8 Å². The third-order valence-electron chi connectivity index (χ3n) is 5.24. The molecular formula is C21H24ClN3O3. The van der Waals surface area contributed by atoms with Gasteiger partial charge in [-0.15, -0.1) is 12.4 Å². The van der Waals surface area contributed by atoms with Gasteiger partial charge in [-0.3, -0.25) is 9.59 Å². The Kier molecular flexibility index (Phi) is 6.21. The maximum Gasteiger partial charge on any atom is 0.227 e. The van der Waals surface area contributed by atoms with E-state index in [1.165, 1.54) is 11.1 Å². The summed E-state index contributed by atoms with van der Waals surface area (Å²) < 4.78 is 5.34. The molecule has 4 rings (SSSR count). The fourth-order valence-electron chi connectivity index (χ4n) is 3.76. The summed E-state index contributed by atoms with van der Waals surface area (Å²) in [6.07, 6.45) is 0.220. The number of carbonyl (C=O) groups is 2.